The van der Waals surface area contributed by atoms with Crippen LogP contribution < -0.4 is 5.90 Å². The molecular formula is H4ClNNiO. The minimum absolute atomic E-state index is 0. The zero-order chi connectivity index (χ0) is 2.00. The van der Waals surface area contributed by atoms with Gasteiger partial charge in [0.1, 0.15) is 0 Å². The van der Waals surface area contributed by atoms with Crippen LogP contribution in [0.5, 0.6) is 0 Å². The molecule has 0 bridgehead atoms. The van der Waals surface area contributed by atoms with E-state index < -0.39 is 0 Å². The van der Waals surface area contributed by atoms with Crippen LogP contribution in [0.4, 0.5) is 0 Å². The van der Waals surface area contributed by atoms with Gasteiger partial charge in [0.05, 0.1) is 0 Å². The van der Waals surface area contributed by atoms with Gasteiger partial charge in [0.25, 0.3) is 0 Å². The maximum absolute atomic E-state index is 6.50. The molecule has 0 unspecified atom stereocenters. The molecule has 0 fully saturated rings. The van der Waals surface area contributed by atoms with Crippen LogP contribution >= 0.6 is 12.4 Å². The summed E-state index contributed by atoms with van der Waals surface area (Å²) in [4.78, 5) is 0. The van der Waals surface area contributed by atoms with Crippen molar-refractivity contribution in [2.24, 2.45) is 5.90 Å². The van der Waals surface area contributed by atoms with Gasteiger partial charge in [0.2, 0.25) is 0 Å². The predicted octanol–water partition coefficient (Wildman–Crippen LogP) is -0.246. The quantitative estimate of drug-likeness (QED) is 0.349. The number of halogens is 1. The minimum atomic E-state index is 0. The van der Waals surface area contributed by atoms with Gasteiger partial charge >= 0.3 is 0 Å². The summed E-state index contributed by atoms with van der Waals surface area (Å²) in [7, 11) is 0. The Hall–Kier alpha value is 0.704. The second-order valence-electron chi connectivity index (χ2n) is 0. The molecule has 0 saturated carbocycles. The molecular weight excluding hydrogens is 124 g/mol. The van der Waals surface area contributed by atoms with Crippen LogP contribution in [0.2, 0.25) is 0 Å². The molecule has 0 aliphatic carbocycles. The maximum atomic E-state index is 6.50. The molecule has 0 aromatic carbocycles. The molecule has 3 N–H and O–H groups in total. The monoisotopic (exact) mass is 127 g/mol. The second-order valence-corrected chi connectivity index (χ2v) is 0. The van der Waals surface area contributed by atoms with E-state index in [0.29, 0.717) is 0 Å². The summed E-state index contributed by atoms with van der Waals surface area (Å²) in [5.41, 5.74) is 0. The van der Waals surface area contributed by atoms with Crippen molar-refractivity contribution in [3.05, 3.63) is 0 Å². The smallest absolute Gasteiger partial charge is 0 e. The first kappa shape index (κ1) is 22.2. The summed E-state index contributed by atoms with van der Waals surface area (Å²) in [5, 5.41) is 6.50. The molecule has 0 rings (SSSR count). The van der Waals surface area contributed by atoms with Crippen molar-refractivity contribution < 1.29 is 21.7 Å². The third-order valence-corrected chi connectivity index (χ3v) is 0. The molecule has 0 aliphatic heterocycles. The molecule has 0 aromatic heterocycles. The molecule has 0 heterocycles. The van der Waals surface area contributed by atoms with Gasteiger partial charge in [0.15, 0.2) is 0 Å². The Kier molecular flexibility index (Phi) is 304. The molecule has 32 valence electrons. The molecule has 0 aliphatic rings. The topological polar surface area (TPSA) is 46.2 Å². The summed E-state index contributed by atoms with van der Waals surface area (Å²) < 4.78 is 0. The Bertz CT molecular complexity index is 8.00. The zero-order valence-corrected chi connectivity index (χ0v) is 3.55. The van der Waals surface area contributed by atoms with Crippen molar-refractivity contribution in [1.82, 2.24) is 0 Å². The average Bonchev–Trinajstić information content (AvgIpc) is 1.00. The Morgan fingerprint density at radius 1 is 1.25 bits per heavy atom. The Balaban J connectivity index is -0.00000000500. The number of nitrogens with two attached hydrogens (primary N) is 1. The van der Waals surface area contributed by atoms with E-state index in [1.54, 1.807) is 0 Å². The summed E-state index contributed by atoms with van der Waals surface area (Å²) in [6.45, 7) is 0. The Morgan fingerprint density at radius 2 is 1.25 bits per heavy atom. The van der Waals surface area contributed by atoms with Crippen molar-refractivity contribution in [3.63, 3.8) is 0 Å². The van der Waals surface area contributed by atoms with Crippen molar-refractivity contribution >= 4 is 12.4 Å². The van der Waals surface area contributed by atoms with Gasteiger partial charge in [-0.3, -0.25) is 0 Å². The van der Waals surface area contributed by atoms with E-state index in [9.17, 15) is 0 Å². The Labute approximate surface area is 40.7 Å². The summed E-state index contributed by atoms with van der Waals surface area (Å²) >= 11 is 0. The van der Waals surface area contributed by atoms with E-state index >= 15 is 0 Å². The fourth-order valence-corrected chi connectivity index (χ4v) is 0. The van der Waals surface area contributed by atoms with Gasteiger partial charge in [-0.1, -0.05) is 0 Å². The molecule has 4 heavy (non-hydrogen) atoms. The van der Waals surface area contributed by atoms with E-state index in [1.165, 1.54) is 0 Å². The molecule has 0 aromatic rings. The van der Waals surface area contributed by atoms with Gasteiger partial charge in [0, 0.05) is 16.5 Å². The van der Waals surface area contributed by atoms with Crippen molar-refractivity contribution in [2.75, 3.05) is 0 Å². The van der Waals surface area contributed by atoms with Crippen molar-refractivity contribution in [1.29, 1.82) is 0 Å². The largest absolute Gasteiger partial charge is 0.320 e. The first-order chi connectivity index (χ1) is 1.00. The van der Waals surface area contributed by atoms with Gasteiger partial charge in [-0.05, 0) is 0 Å². The molecule has 0 amide bonds. The van der Waals surface area contributed by atoms with Gasteiger partial charge < -0.3 is 5.21 Å². The second kappa shape index (κ2) is 54.7. The van der Waals surface area contributed by atoms with E-state index in [4.69, 9.17) is 5.21 Å². The fraction of sp³-hybridized carbons (Fsp3) is 0. The van der Waals surface area contributed by atoms with E-state index in [2.05, 4.69) is 5.90 Å². The van der Waals surface area contributed by atoms with Crippen LogP contribution in [-0.4, -0.2) is 5.21 Å². The summed E-state index contributed by atoms with van der Waals surface area (Å²) in [6.07, 6.45) is 0. The first-order valence-electron chi connectivity index (χ1n) is 0.258. The minimum Gasteiger partial charge on any atom is -0.320 e. The summed E-state index contributed by atoms with van der Waals surface area (Å²) in [6, 6.07) is 0. The fourth-order valence-electron chi connectivity index (χ4n) is 0. The van der Waals surface area contributed by atoms with E-state index in [0.717, 1.165) is 0 Å². The SMILES string of the molecule is Cl.NO.[Ni]. The molecule has 0 saturated heterocycles. The maximum Gasteiger partial charge on any atom is 0 e. The van der Waals surface area contributed by atoms with Crippen molar-refractivity contribution in [3.8, 4) is 0 Å². The molecule has 0 spiro atoms. The van der Waals surface area contributed by atoms with Crippen LogP contribution in [-0.2, 0) is 16.5 Å². The van der Waals surface area contributed by atoms with Crippen LogP contribution in [0.25, 0.3) is 0 Å². The van der Waals surface area contributed by atoms with Gasteiger partial charge in [-0.15, -0.1) is 12.4 Å². The van der Waals surface area contributed by atoms with Crippen molar-refractivity contribution in [2.45, 2.75) is 0 Å². The zero-order valence-electron chi connectivity index (χ0n) is 1.75. The van der Waals surface area contributed by atoms with Crippen LogP contribution in [0, 0.1) is 0 Å². The third kappa shape index (κ3) is 15.9. The number of hydrogen-bond donors (Lipinski definition) is 2. The third-order valence-electron chi connectivity index (χ3n) is 0. The van der Waals surface area contributed by atoms with E-state index in [1.807, 2.05) is 0 Å². The Morgan fingerprint density at radius 3 is 1.25 bits per heavy atom. The molecule has 0 radical (unpaired) electrons. The van der Waals surface area contributed by atoms with Crippen LogP contribution in [0.15, 0.2) is 0 Å². The molecule has 0 atom stereocenters. The standard InChI is InChI=1S/ClH.H3NO.Ni/c;1-2;/h1H;2H,1H2;. The number of rotatable bonds is 0. The van der Waals surface area contributed by atoms with E-state index in [-0.39, 0.29) is 28.9 Å². The van der Waals surface area contributed by atoms with Crippen LogP contribution in [0.1, 0.15) is 0 Å². The van der Waals surface area contributed by atoms with Crippen LogP contribution in [0.3, 0.4) is 0 Å². The first-order valence-corrected chi connectivity index (χ1v) is 0.258. The molecule has 4 heteroatoms. The molecule has 2 nitrogen and oxygen atoms in total. The van der Waals surface area contributed by atoms with Gasteiger partial charge in [-0.25, -0.2) is 5.90 Å². The number of hydrogen-bond acceptors (Lipinski definition) is 2. The summed E-state index contributed by atoms with van der Waals surface area (Å²) in [5.74, 6) is 3.50. The normalized spacial score (nSPS) is 1.50. The predicted molar refractivity (Wildman–Crippen MR) is 13.2 cm³/mol. The van der Waals surface area contributed by atoms with Gasteiger partial charge in [-0.2, -0.15) is 0 Å². The average molecular weight is 128 g/mol.